The van der Waals surface area contributed by atoms with Crippen molar-refractivity contribution in [3.05, 3.63) is 27.7 Å². The summed E-state index contributed by atoms with van der Waals surface area (Å²) in [5.74, 6) is 1.02. The maximum absolute atomic E-state index is 5.47. The summed E-state index contributed by atoms with van der Waals surface area (Å²) in [5, 5.41) is 3.45. The summed E-state index contributed by atoms with van der Waals surface area (Å²) in [5.41, 5.74) is 2.54. The van der Waals surface area contributed by atoms with Gasteiger partial charge in [0.05, 0.1) is 7.11 Å². The summed E-state index contributed by atoms with van der Waals surface area (Å²) in [6, 6.07) is 4.32. The zero-order valence-corrected chi connectivity index (χ0v) is 14.7. The Morgan fingerprint density at radius 2 is 1.85 bits per heavy atom. The van der Waals surface area contributed by atoms with Crippen LogP contribution in [0.3, 0.4) is 0 Å². The molecule has 0 atom stereocenters. The molecule has 0 radical (unpaired) electrons. The number of hydrogen-bond donors (Lipinski definition) is 1. The van der Waals surface area contributed by atoms with Gasteiger partial charge in [-0.2, -0.15) is 0 Å². The van der Waals surface area contributed by atoms with Gasteiger partial charge in [-0.05, 0) is 69.0 Å². The minimum absolute atomic E-state index is 1.02. The van der Waals surface area contributed by atoms with Crippen molar-refractivity contribution in [1.82, 2.24) is 5.32 Å². The fourth-order valence-electron chi connectivity index (χ4n) is 2.30. The molecule has 0 aliphatic carbocycles. The number of methoxy groups -OCH3 is 1. The number of halogens is 1. The van der Waals surface area contributed by atoms with Gasteiger partial charge in [-0.3, -0.25) is 0 Å². The normalized spacial score (nSPS) is 10.8. The Morgan fingerprint density at radius 3 is 2.55 bits per heavy atom. The van der Waals surface area contributed by atoms with Crippen LogP contribution in [0.25, 0.3) is 0 Å². The van der Waals surface area contributed by atoms with Crippen molar-refractivity contribution in [3.63, 3.8) is 0 Å². The second-order valence-electron chi connectivity index (χ2n) is 5.33. The molecule has 0 aliphatic rings. The molecule has 1 rings (SSSR count). The molecule has 0 saturated carbocycles. The van der Waals surface area contributed by atoms with E-state index >= 15 is 0 Å². The first kappa shape index (κ1) is 17.5. The first-order valence-electron chi connectivity index (χ1n) is 7.72. The Labute approximate surface area is 132 Å². The molecule has 1 N–H and O–H groups in total. The van der Waals surface area contributed by atoms with Gasteiger partial charge in [-0.25, -0.2) is 0 Å². The molecule has 1 aromatic rings. The van der Waals surface area contributed by atoms with Gasteiger partial charge in [0.15, 0.2) is 0 Å². The molecule has 0 bridgehead atoms. The zero-order valence-electron chi connectivity index (χ0n) is 13.1. The largest absolute Gasteiger partial charge is 0.496 e. The number of unbranched alkanes of at least 4 members (excludes halogenated alkanes) is 3. The third-order valence-electron chi connectivity index (χ3n) is 3.54. The van der Waals surface area contributed by atoms with Crippen LogP contribution in [0.15, 0.2) is 16.6 Å². The van der Waals surface area contributed by atoms with Gasteiger partial charge in [-0.15, -0.1) is 0 Å². The van der Waals surface area contributed by atoms with Crippen LogP contribution in [-0.4, -0.2) is 20.2 Å². The van der Waals surface area contributed by atoms with Crippen LogP contribution in [0, 0.1) is 6.92 Å². The molecule has 20 heavy (non-hydrogen) atoms. The van der Waals surface area contributed by atoms with Gasteiger partial charge < -0.3 is 10.1 Å². The molecule has 0 amide bonds. The topological polar surface area (TPSA) is 21.3 Å². The smallest absolute Gasteiger partial charge is 0.122 e. The van der Waals surface area contributed by atoms with Gasteiger partial charge in [0.2, 0.25) is 0 Å². The van der Waals surface area contributed by atoms with E-state index in [1.165, 1.54) is 47.7 Å². The maximum Gasteiger partial charge on any atom is 0.122 e. The average molecular weight is 342 g/mol. The van der Waals surface area contributed by atoms with Crippen molar-refractivity contribution in [2.45, 2.75) is 52.4 Å². The molecule has 0 fully saturated rings. The highest BCUT2D eigenvalue weighted by atomic mass is 79.9. The highest BCUT2D eigenvalue weighted by Gasteiger charge is 2.06. The number of hydrogen-bond acceptors (Lipinski definition) is 2. The third-order valence-corrected chi connectivity index (χ3v) is 4.39. The van der Waals surface area contributed by atoms with Gasteiger partial charge in [0, 0.05) is 4.47 Å². The summed E-state index contributed by atoms with van der Waals surface area (Å²) >= 11 is 3.60. The van der Waals surface area contributed by atoms with Gasteiger partial charge in [-0.1, -0.05) is 35.7 Å². The van der Waals surface area contributed by atoms with Crippen LogP contribution in [0.2, 0.25) is 0 Å². The Kier molecular flexibility index (Phi) is 8.95. The first-order valence-corrected chi connectivity index (χ1v) is 8.52. The summed E-state index contributed by atoms with van der Waals surface area (Å²) in [6.45, 7) is 6.61. The Hall–Kier alpha value is -0.540. The number of aryl methyl sites for hydroxylation is 2. The quantitative estimate of drug-likeness (QED) is 0.613. The van der Waals surface area contributed by atoms with Crippen molar-refractivity contribution in [2.75, 3.05) is 20.2 Å². The van der Waals surface area contributed by atoms with E-state index in [-0.39, 0.29) is 0 Å². The monoisotopic (exact) mass is 341 g/mol. The lowest BCUT2D eigenvalue weighted by Crippen LogP contribution is -2.15. The van der Waals surface area contributed by atoms with Crippen LogP contribution < -0.4 is 10.1 Å². The molecule has 0 aromatic heterocycles. The van der Waals surface area contributed by atoms with E-state index in [9.17, 15) is 0 Å². The average Bonchev–Trinajstić information content (AvgIpc) is 2.45. The molecule has 0 spiro atoms. The third kappa shape index (κ3) is 6.27. The van der Waals surface area contributed by atoms with Crippen molar-refractivity contribution < 1.29 is 4.74 Å². The van der Waals surface area contributed by atoms with Gasteiger partial charge >= 0.3 is 0 Å². The predicted octanol–water partition coefficient (Wildman–Crippen LogP) is 4.87. The van der Waals surface area contributed by atoms with E-state index in [1.807, 2.05) is 0 Å². The molecule has 0 saturated heterocycles. The summed E-state index contributed by atoms with van der Waals surface area (Å²) in [7, 11) is 1.76. The Morgan fingerprint density at radius 1 is 1.10 bits per heavy atom. The molecule has 2 nitrogen and oxygen atoms in total. The molecule has 1 aromatic carbocycles. The van der Waals surface area contributed by atoms with Crippen molar-refractivity contribution in [2.24, 2.45) is 0 Å². The highest BCUT2D eigenvalue weighted by Crippen LogP contribution is 2.28. The van der Waals surface area contributed by atoms with E-state index in [2.05, 4.69) is 47.2 Å². The second-order valence-corrected chi connectivity index (χ2v) is 6.18. The number of rotatable bonds is 10. The summed E-state index contributed by atoms with van der Waals surface area (Å²) < 4.78 is 6.65. The molecular weight excluding hydrogens is 314 g/mol. The molecule has 3 heteroatoms. The van der Waals surface area contributed by atoms with Crippen LogP contribution in [0.4, 0.5) is 0 Å². The number of nitrogens with one attached hydrogen (secondary N) is 1. The second kappa shape index (κ2) is 10.2. The number of ether oxygens (including phenoxy) is 1. The first-order chi connectivity index (χ1) is 9.69. The summed E-state index contributed by atoms with van der Waals surface area (Å²) in [4.78, 5) is 0. The van der Waals surface area contributed by atoms with Crippen molar-refractivity contribution in [3.8, 4) is 5.75 Å². The fraction of sp³-hybridized carbons (Fsp3) is 0.647. The lowest BCUT2D eigenvalue weighted by Gasteiger charge is -2.11. The molecule has 0 unspecified atom stereocenters. The standard InChI is InChI=1S/C17H28BrNO/c1-4-10-19-11-8-6-5-7-9-15-13-16(18)14(2)12-17(15)20-3/h12-13,19H,4-11H2,1-3H3. The SMILES string of the molecule is CCCNCCCCCCc1cc(Br)c(C)cc1OC. The molecular formula is C17H28BrNO. The van der Waals surface area contributed by atoms with Crippen LogP contribution in [0.5, 0.6) is 5.75 Å². The molecule has 0 aliphatic heterocycles. The lowest BCUT2D eigenvalue weighted by molar-refractivity contribution is 0.408. The van der Waals surface area contributed by atoms with Crippen LogP contribution in [-0.2, 0) is 6.42 Å². The van der Waals surface area contributed by atoms with Gasteiger partial charge in [0.25, 0.3) is 0 Å². The van der Waals surface area contributed by atoms with E-state index in [4.69, 9.17) is 4.74 Å². The van der Waals surface area contributed by atoms with E-state index in [1.54, 1.807) is 7.11 Å². The number of benzene rings is 1. The molecule has 114 valence electrons. The Balaban J connectivity index is 2.26. The zero-order chi connectivity index (χ0) is 14.8. The van der Waals surface area contributed by atoms with Crippen molar-refractivity contribution in [1.29, 1.82) is 0 Å². The van der Waals surface area contributed by atoms with E-state index in [0.717, 1.165) is 25.3 Å². The van der Waals surface area contributed by atoms with Gasteiger partial charge in [0.1, 0.15) is 5.75 Å². The fourth-order valence-corrected chi connectivity index (χ4v) is 2.69. The minimum Gasteiger partial charge on any atom is -0.496 e. The maximum atomic E-state index is 5.47. The van der Waals surface area contributed by atoms with E-state index in [0.29, 0.717) is 0 Å². The predicted molar refractivity (Wildman–Crippen MR) is 90.8 cm³/mol. The molecule has 0 heterocycles. The van der Waals surface area contributed by atoms with E-state index < -0.39 is 0 Å². The minimum atomic E-state index is 1.02. The Bertz CT molecular complexity index is 393. The lowest BCUT2D eigenvalue weighted by atomic mass is 10.0. The van der Waals surface area contributed by atoms with Crippen molar-refractivity contribution >= 4 is 15.9 Å². The highest BCUT2D eigenvalue weighted by molar-refractivity contribution is 9.10. The van der Waals surface area contributed by atoms with Crippen LogP contribution in [0.1, 0.15) is 50.2 Å². The van der Waals surface area contributed by atoms with Crippen LogP contribution >= 0.6 is 15.9 Å². The summed E-state index contributed by atoms with van der Waals surface area (Å²) in [6.07, 6.45) is 7.45.